The van der Waals surface area contributed by atoms with Gasteiger partial charge in [-0.1, -0.05) is 12.1 Å². The zero-order valence-corrected chi connectivity index (χ0v) is 15.1. The molecule has 0 saturated heterocycles. The summed E-state index contributed by atoms with van der Waals surface area (Å²) in [5.41, 5.74) is 2.07. The number of carbonyl (C=O) groups excluding carboxylic acids is 2. The first kappa shape index (κ1) is 18.2. The lowest BCUT2D eigenvalue weighted by molar-refractivity contribution is -0.129. The Labute approximate surface area is 156 Å². The number of hydrogen-bond donors (Lipinski definition) is 1. The van der Waals surface area contributed by atoms with Crippen LogP contribution in [0.15, 0.2) is 53.2 Å². The number of benzene rings is 2. The van der Waals surface area contributed by atoms with E-state index in [1.807, 2.05) is 0 Å². The summed E-state index contributed by atoms with van der Waals surface area (Å²) in [5, 5.41) is 2.67. The molecule has 0 unspecified atom stereocenters. The van der Waals surface area contributed by atoms with Gasteiger partial charge in [-0.15, -0.1) is 0 Å². The minimum absolute atomic E-state index is 0.155. The molecular formula is C20H18N2O5. The lowest BCUT2D eigenvalue weighted by atomic mass is 10.1. The van der Waals surface area contributed by atoms with Crippen molar-refractivity contribution in [2.24, 2.45) is 4.99 Å². The summed E-state index contributed by atoms with van der Waals surface area (Å²) < 4.78 is 15.9. The predicted molar refractivity (Wildman–Crippen MR) is 101 cm³/mol. The Hall–Kier alpha value is -3.61. The molecule has 1 heterocycles. The van der Waals surface area contributed by atoms with Crippen molar-refractivity contribution in [2.75, 3.05) is 19.5 Å². The van der Waals surface area contributed by atoms with Crippen LogP contribution < -0.4 is 14.8 Å². The van der Waals surface area contributed by atoms with E-state index in [1.165, 1.54) is 14.0 Å². The Morgan fingerprint density at radius 1 is 1.11 bits per heavy atom. The largest absolute Gasteiger partial charge is 0.493 e. The Kier molecular flexibility index (Phi) is 5.21. The fraction of sp³-hybridized carbons (Fsp3) is 0.150. The minimum atomic E-state index is -0.555. The van der Waals surface area contributed by atoms with Crippen molar-refractivity contribution < 1.29 is 23.8 Å². The van der Waals surface area contributed by atoms with E-state index in [9.17, 15) is 9.59 Å². The quantitative estimate of drug-likeness (QED) is 0.649. The average molecular weight is 366 g/mol. The highest BCUT2D eigenvalue weighted by Gasteiger charge is 2.25. The average Bonchev–Trinajstić information content (AvgIpc) is 3.02. The molecule has 1 N–H and O–H groups in total. The molecule has 1 aliphatic rings. The summed E-state index contributed by atoms with van der Waals surface area (Å²) in [7, 11) is 3.07. The van der Waals surface area contributed by atoms with Crippen LogP contribution in [0.2, 0.25) is 0 Å². The highest BCUT2D eigenvalue weighted by atomic mass is 16.6. The maximum absolute atomic E-state index is 12.2. The number of nitrogens with one attached hydrogen (secondary N) is 1. The second-order valence-electron chi connectivity index (χ2n) is 5.68. The molecule has 0 fully saturated rings. The normalized spacial score (nSPS) is 14.6. The van der Waals surface area contributed by atoms with Gasteiger partial charge in [-0.25, -0.2) is 9.79 Å². The number of esters is 1. The molecule has 0 spiro atoms. The van der Waals surface area contributed by atoms with Crippen LogP contribution in [0.3, 0.4) is 0 Å². The molecule has 1 aliphatic heterocycles. The van der Waals surface area contributed by atoms with E-state index in [2.05, 4.69) is 10.3 Å². The predicted octanol–water partition coefficient (Wildman–Crippen LogP) is 3.01. The standard InChI is InChI=1S/C20H18N2O5/c1-12(23)21-15-9-7-13(8-10-15)19-22-16(20(24)27-19)11-14-5-4-6-17(25-2)18(14)26-3/h4-11H,1-3H3,(H,21,23)/b16-11-. The van der Waals surface area contributed by atoms with E-state index in [0.29, 0.717) is 28.3 Å². The van der Waals surface area contributed by atoms with Crippen molar-refractivity contribution in [3.8, 4) is 11.5 Å². The number of ether oxygens (including phenoxy) is 3. The van der Waals surface area contributed by atoms with Gasteiger partial charge in [0.25, 0.3) is 0 Å². The zero-order chi connectivity index (χ0) is 19.4. The molecule has 0 radical (unpaired) electrons. The monoisotopic (exact) mass is 366 g/mol. The van der Waals surface area contributed by atoms with Crippen molar-refractivity contribution in [3.63, 3.8) is 0 Å². The van der Waals surface area contributed by atoms with Crippen molar-refractivity contribution in [1.82, 2.24) is 0 Å². The minimum Gasteiger partial charge on any atom is -0.493 e. The van der Waals surface area contributed by atoms with Crippen molar-refractivity contribution in [2.45, 2.75) is 6.92 Å². The van der Waals surface area contributed by atoms with Gasteiger partial charge in [-0.2, -0.15) is 0 Å². The van der Waals surface area contributed by atoms with Gasteiger partial charge >= 0.3 is 5.97 Å². The van der Waals surface area contributed by atoms with Crippen LogP contribution in [0.25, 0.3) is 6.08 Å². The van der Waals surface area contributed by atoms with Gasteiger partial charge in [0.15, 0.2) is 17.2 Å². The van der Waals surface area contributed by atoms with Gasteiger partial charge in [0.05, 0.1) is 14.2 Å². The topological polar surface area (TPSA) is 86.2 Å². The molecule has 7 nitrogen and oxygen atoms in total. The lowest BCUT2D eigenvalue weighted by Gasteiger charge is -2.09. The van der Waals surface area contributed by atoms with Crippen LogP contribution in [0.1, 0.15) is 18.1 Å². The second-order valence-corrected chi connectivity index (χ2v) is 5.68. The van der Waals surface area contributed by atoms with E-state index in [-0.39, 0.29) is 17.5 Å². The molecule has 2 aromatic carbocycles. The number of carbonyl (C=O) groups is 2. The number of methoxy groups -OCH3 is 2. The van der Waals surface area contributed by atoms with Crippen LogP contribution in [-0.4, -0.2) is 32.0 Å². The highest BCUT2D eigenvalue weighted by Crippen LogP contribution is 2.33. The first-order valence-corrected chi connectivity index (χ1v) is 8.13. The van der Waals surface area contributed by atoms with Crippen LogP contribution in [0, 0.1) is 0 Å². The van der Waals surface area contributed by atoms with E-state index >= 15 is 0 Å². The van der Waals surface area contributed by atoms with E-state index < -0.39 is 5.97 Å². The van der Waals surface area contributed by atoms with E-state index in [0.717, 1.165) is 0 Å². The third kappa shape index (κ3) is 3.98. The van der Waals surface area contributed by atoms with Gasteiger partial charge in [0, 0.05) is 23.7 Å². The number of nitrogens with zero attached hydrogens (tertiary/aromatic N) is 1. The molecule has 0 saturated carbocycles. The molecule has 1 amide bonds. The summed E-state index contributed by atoms with van der Waals surface area (Å²) >= 11 is 0. The second kappa shape index (κ2) is 7.74. The Bertz CT molecular complexity index is 945. The first-order chi connectivity index (χ1) is 13.0. The highest BCUT2D eigenvalue weighted by molar-refractivity contribution is 6.13. The number of anilines is 1. The van der Waals surface area contributed by atoms with Crippen molar-refractivity contribution >= 4 is 29.5 Å². The third-order valence-electron chi connectivity index (χ3n) is 3.80. The summed E-state index contributed by atoms with van der Waals surface area (Å²) in [6.07, 6.45) is 1.59. The molecular weight excluding hydrogens is 348 g/mol. The zero-order valence-electron chi connectivity index (χ0n) is 15.1. The molecule has 27 heavy (non-hydrogen) atoms. The Balaban J connectivity index is 1.90. The number of aliphatic imine (C=N–C) groups is 1. The summed E-state index contributed by atoms with van der Waals surface area (Å²) in [6.45, 7) is 1.43. The van der Waals surface area contributed by atoms with Gasteiger partial charge in [-0.3, -0.25) is 4.79 Å². The Morgan fingerprint density at radius 3 is 2.48 bits per heavy atom. The number of hydrogen-bond acceptors (Lipinski definition) is 6. The number of para-hydroxylation sites is 1. The molecule has 138 valence electrons. The molecule has 0 aromatic heterocycles. The van der Waals surface area contributed by atoms with Crippen molar-refractivity contribution in [1.29, 1.82) is 0 Å². The number of rotatable bonds is 5. The molecule has 0 bridgehead atoms. The molecule has 0 atom stereocenters. The van der Waals surface area contributed by atoms with Gasteiger partial charge in [-0.05, 0) is 36.4 Å². The fourth-order valence-corrected chi connectivity index (χ4v) is 2.60. The molecule has 7 heteroatoms. The van der Waals surface area contributed by atoms with Crippen LogP contribution in [0.4, 0.5) is 5.69 Å². The Morgan fingerprint density at radius 2 is 1.85 bits per heavy atom. The van der Waals surface area contributed by atoms with Crippen molar-refractivity contribution in [3.05, 3.63) is 59.3 Å². The van der Waals surface area contributed by atoms with E-state index in [1.54, 1.807) is 55.7 Å². The maximum atomic E-state index is 12.2. The third-order valence-corrected chi connectivity index (χ3v) is 3.80. The summed E-state index contributed by atoms with van der Waals surface area (Å²) in [4.78, 5) is 27.6. The summed E-state index contributed by atoms with van der Waals surface area (Å²) in [6, 6.07) is 12.2. The van der Waals surface area contributed by atoms with Crippen LogP contribution in [-0.2, 0) is 14.3 Å². The molecule has 0 aliphatic carbocycles. The molecule has 2 aromatic rings. The van der Waals surface area contributed by atoms with Gasteiger partial charge in [0.2, 0.25) is 11.8 Å². The van der Waals surface area contributed by atoms with Gasteiger partial charge < -0.3 is 19.5 Å². The maximum Gasteiger partial charge on any atom is 0.363 e. The van der Waals surface area contributed by atoms with Crippen LogP contribution in [0.5, 0.6) is 11.5 Å². The molecule has 3 rings (SSSR count). The van der Waals surface area contributed by atoms with E-state index in [4.69, 9.17) is 14.2 Å². The SMILES string of the molecule is COc1cccc(/C=C2\N=C(c3ccc(NC(C)=O)cc3)OC2=O)c1OC. The van der Waals surface area contributed by atoms with Gasteiger partial charge in [0.1, 0.15) is 0 Å². The first-order valence-electron chi connectivity index (χ1n) is 8.13. The lowest BCUT2D eigenvalue weighted by Crippen LogP contribution is -2.07. The number of amides is 1. The summed E-state index contributed by atoms with van der Waals surface area (Å²) in [5.74, 6) is 0.535. The smallest absolute Gasteiger partial charge is 0.363 e. The fourth-order valence-electron chi connectivity index (χ4n) is 2.60. The van der Waals surface area contributed by atoms with Crippen LogP contribution >= 0.6 is 0 Å². The number of cyclic esters (lactones) is 1.